The van der Waals surface area contributed by atoms with Gasteiger partial charge in [0.1, 0.15) is 6.61 Å². The topological polar surface area (TPSA) is 52.6 Å². The maximum absolute atomic E-state index is 5.76. The van der Waals surface area contributed by atoms with Crippen molar-refractivity contribution in [2.45, 2.75) is 27.3 Å². The van der Waals surface area contributed by atoms with Crippen LogP contribution in [0.1, 0.15) is 23.7 Å². The molecule has 0 spiro atoms. The van der Waals surface area contributed by atoms with E-state index in [0.29, 0.717) is 32.3 Å². The molecular weight excluding hydrogens is 256 g/mol. The van der Waals surface area contributed by atoms with Gasteiger partial charge >= 0.3 is 0 Å². The number of nitrogens with one attached hydrogen (secondary N) is 1. The van der Waals surface area contributed by atoms with Crippen molar-refractivity contribution in [2.24, 2.45) is 0 Å². The first kappa shape index (κ1) is 16.9. The van der Waals surface area contributed by atoms with Crippen LogP contribution in [0.25, 0.3) is 0 Å². The fourth-order valence-electron chi connectivity index (χ4n) is 1.86. The summed E-state index contributed by atoms with van der Waals surface area (Å²) in [4.78, 5) is 4.48. The van der Waals surface area contributed by atoms with Crippen LogP contribution in [0, 0.1) is 13.8 Å². The van der Waals surface area contributed by atoms with Crippen molar-refractivity contribution >= 4 is 0 Å². The maximum atomic E-state index is 5.76. The van der Waals surface area contributed by atoms with Gasteiger partial charge in [-0.05, 0) is 32.0 Å². The highest BCUT2D eigenvalue weighted by molar-refractivity contribution is 5.35. The number of aryl methyl sites for hydroxylation is 2. The zero-order valence-corrected chi connectivity index (χ0v) is 13.0. The Morgan fingerprint density at radius 2 is 1.90 bits per heavy atom. The molecule has 0 unspecified atom stereocenters. The van der Waals surface area contributed by atoms with Gasteiger partial charge in [0.25, 0.3) is 0 Å². The number of nitrogens with zero attached hydrogens (tertiary/aromatic N) is 1. The zero-order chi connectivity index (χ0) is 14.8. The standard InChI is InChI=1S/C15H26N2O3/c1-5-16-11-14-12(2)10-13(3)17-15(14)20-9-8-19-7-6-18-4/h10,16H,5-9,11H2,1-4H3. The molecule has 0 aromatic carbocycles. The monoisotopic (exact) mass is 282 g/mol. The van der Waals surface area contributed by atoms with E-state index in [1.54, 1.807) is 7.11 Å². The second-order valence-electron chi connectivity index (χ2n) is 4.60. The first-order chi connectivity index (χ1) is 9.69. The molecular formula is C15H26N2O3. The number of ether oxygens (including phenoxy) is 3. The maximum Gasteiger partial charge on any atom is 0.218 e. The molecule has 0 saturated heterocycles. The van der Waals surface area contributed by atoms with E-state index < -0.39 is 0 Å². The van der Waals surface area contributed by atoms with Gasteiger partial charge in [-0.15, -0.1) is 0 Å². The van der Waals surface area contributed by atoms with Gasteiger partial charge in [-0.25, -0.2) is 4.98 Å². The van der Waals surface area contributed by atoms with Gasteiger partial charge in [0.2, 0.25) is 5.88 Å². The predicted octanol–water partition coefficient (Wildman–Crippen LogP) is 1.85. The molecule has 114 valence electrons. The second kappa shape index (κ2) is 9.69. The number of methoxy groups -OCH3 is 1. The molecule has 0 aliphatic heterocycles. The van der Waals surface area contributed by atoms with E-state index in [4.69, 9.17) is 14.2 Å². The Kier molecular flexibility index (Phi) is 8.18. The highest BCUT2D eigenvalue weighted by atomic mass is 16.5. The summed E-state index contributed by atoms with van der Waals surface area (Å²) in [7, 11) is 1.66. The molecule has 1 heterocycles. The predicted molar refractivity (Wildman–Crippen MR) is 79.3 cm³/mol. The van der Waals surface area contributed by atoms with Gasteiger partial charge in [0, 0.05) is 24.9 Å². The van der Waals surface area contributed by atoms with Crippen LogP contribution >= 0.6 is 0 Å². The first-order valence-electron chi connectivity index (χ1n) is 7.06. The molecule has 5 heteroatoms. The molecule has 0 atom stereocenters. The summed E-state index contributed by atoms with van der Waals surface area (Å²) in [6.45, 7) is 10.1. The molecule has 1 aromatic heterocycles. The lowest BCUT2D eigenvalue weighted by Gasteiger charge is -2.14. The summed E-state index contributed by atoms with van der Waals surface area (Å²) in [5.74, 6) is 0.707. The Bertz CT molecular complexity index is 397. The van der Waals surface area contributed by atoms with E-state index in [-0.39, 0.29) is 0 Å². The molecule has 0 bridgehead atoms. The van der Waals surface area contributed by atoms with Crippen LogP contribution in [-0.2, 0) is 16.0 Å². The number of hydrogen-bond donors (Lipinski definition) is 1. The summed E-state index contributed by atoms with van der Waals surface area (Å²) in [6.07, 6.45) is 0. The molecule has 0 amide bonds. The molecule has 0 fully saturated rings. The molecule has 0 radical (unpaired) electrons. The van der Waals surface area contributed by atoms with E-state index in [0.717, 1.165) is 24.3 Å². The fourth-order valence-corrected chi connectivity index (χ4v) is 1.86. The molecule has 0 saturated carbocycles. The number of rotatable bonds is 10. The third-order valence-corrected chi connectivity index (χ3v) is 2.89. The van der Waals surface area contributed by atoms with Crippen molar-refractivity contribution in [1.82, 2.24) is 10.3 Å². The minimum Gasteiger partial charge on any atom is -0.475 e. The smallest absolute Gasteiger partial charge is 0.218 e. The van der Waals surface area contributed by atoms with Crippen molar-refractivity contribution in [1.29, 1.82) is 0 Å². The van der Waals surface area contributed by atoms with Gasteiger partial charge in [0.15, 0.2) is 0 Å². The minimum absolute atomic E-state index is 0.499. The van der Waals surface area contributed by atoms with Crippen LogP contribution in [0.4, 0.5) is 0 Å². The van der Waals surface area contributed by atoms with E-state index in [2.05, 4.69) is 30.2 Å². The minimum atomic E-state index is 0.499. The first-order valence-corrected chi connectivity index (χ1v) is 7.06. The lowest BCUT2D eigenvalue weighted by atomic mass is 10.1. The molecule has 0 aliphatic rings. The Labute approximate surface area is 121 Å². The molecule has 1 N–H and O–H groups in total. The van der Waals surface area contributed by atoms with Crippen molar-refractivity contribution in [3.05, 3.63) is 22.9 Å². The summed E-state index contributed by atoms with van der Waals surface area (Å²) in [5.41, 5.74) is 3.29. The quantitative estimate of drug-likeness (QED) is 0.664. The van der Waals surface area contributed by atoms with Crippen LogP contribution in [0.15, 0.2) is 6.07 Å². The Morgan fingerprint density at radius 3 is 2.60 bits per heavy atom. The lowest BCUT2D eigenvalue weighted by molar-refractivity contribution is 0.0534. The van der Waals surface area contributed by atoms with Gasteiger partial charge in [-0.1, -0.05) is 6.92 Å². The lowest BCUT2D eigenvalue weighted by Crippen LogP contribution is -2.16. The van der Waals surface area contributed by atoms with Gasteiger partial charge < -0.3 is 19.5 Å². The van der Waals surface area contributed by atoms with Crippen molar-refractivity contribution < 1.29 is 14.2 Å². The van der Waals surface area contributed by atoms with Crippen LogP contribution in [0.5, 0.6) is 5.88 Å². The van der Waals surface area contributed by atoms with E-state index in [1.165, 1.54) is 5.56 Å². The van der Waals surface area contributed by atoms with Crippen LogP contribution < -0.4 is 10.1 Å². The Hall–Kier alpha value is -1.17. The number of pyridine rings is 1. The Morgan fingerprint density at radius 1 is 1.15 bits per heavy atom. The summed E-state index contributed by atoms with van der Waals surface area (Å²) < 4.78 is 16.1. The highest BCUT2D eigenvalue weighted by Gasteiger charge is 2.09. The number of aromatic nitrogens is 1. The summed E-state index contributed by atoms with van der Waals surface area (Å²) >= 11 is 0. The SMILES string of the molecule is CCNCc1c(C)cc(C)nc1OCCOCCOC. The summed E-state index contributed by atoms with van der Waals surface area (Å²) in [5, 5.41) is 3.32. The zero-order valence-electron chi connectivity index (χ0n) is 13.0. The van der Waals surface area contributed by atoms with Gasteiger partial charge in [-0.2, -0.15) is 0 Å². The number of hydrogen-bond acceptors (Lipinski definition) is 5. The van der Waals surface area contributed by atoms with Crippen LogP contribution in [-0.4, -0.2) is 45.1 Å². The van der Waals surface area contributed by atoms with E-state index in [1.807, 2.05) is 6.92 Å². The third-order valence-electron chi connectivity index (χ3n) is 2.89. The highest BCUT2D eigenvalue weighted by Crippen LogP contribution is 2.20. The second-order valence-corrected chi connectivity index (χ2v) is 4.60. The van der Waals surface area contributed by atoms with Crippen molar-refractivity contribution in [3.8, 4) is 5.88 Å². The van der Waals surface area contributed by atoms with Crippen molar-refractivity contribution in [2.75, 3.05) is 40.1 Å². The fraction of sp³-hybridized carbons (Fsp3) is 0.667. The molecule has 1 rings (SSSR count). The normalized spacial score (nSPS) is 10.8. The third kappa shape index (κ3) is 5.86. The molecule has 1 aromatic rings. The van der Waals surface area contributed by atoms with Crippen molar-refractivity contribution in [3.63, 3.8) is 0 Å². The molecule has 5 nitrogen and oxygen atoms in total. The van der Waals surface area contributed by atoms with Gasteiger partial charge in [0.05, 0.1) is 19.8 Å². The molecule has 20 heavy (non-hydrogen) atoms. The molecule has 0 aliphatic carbocycles. The van der Waals surface area contributed by atoms with Gasteiger partial charge in [-0.3, -0.25) is 0 Å². The van der Waals surface area contributed by atoms with Crippen LogP contribution in [0.2, 0.25) is 0 Å². The average Bonchev–Trinajstić information content (AvgIpc) is 2.41. The summed E-state index contributed by atoms with van der Waals surface area (Å²) in [6, 6.07) is 2.08. The largest absolute Gasteiger partial charge is 0.475 e. The Balaban J connectivity index is 2.53. The van der Waals surface area contributed by atoms with E-state index >= 15 is 0 Å². The average molecular weight is 282 g/mol. The van der Waals surface area contributed by atoms with Crippen LogP contribution in [0.3, 0.4) is 0 Å². The van der Waals surface area contributed by atoms with E-state index in [9.17, 15) is 0 Å².